The quantitative estimate of drug-likeness (QED) is 0.0418. The van der Waals surface area contributed by atoms with Crippen molar-refractivity contribution in [1.29, 1.82) is 0 Å². The number of aryl methyl sites for hydroxylation is 2. The smallest absolute Gasteiger partial charge is 0.493 e. The predicted molar refractivity (Wildman–Crippen MR) is 229 cm³/mol. The molecule has 0 unspecified atom stereocenters. The van der Waals surface area contributed by atoms with Gasteiger partial charge in [-0.05, 0) is 86.8 Å². The van der Waals surface area contributed by atoms with Crippen molar-refractivity contribution in [2.45, 2.75) is 176 Å². The summed E-state index contributed by atoms with van der Waals surface area (Å²) in [7, 11) is 0. The van der Waals surface area contributed by atoms with E-state index in [0.29, 0.717) is 0 Å². The summed E-state index contributed by atoms with van der Waals surface area (Å²) in [5.41, 5.74) is 21.0. The number of hydrogen-bond acceptors (Lipinski definition) is 0. The fourth-order valence-electron chi connectivity index (χ4n) is 6.62. The molecule has 0 aliphatic carbocycles. The summed E-state index contributed by atoms with van der Waals surface area (Å²) in [6, 6.07) is 17.8. The SMILES string of the molecule is CCCCCCC=CC1=C(c2cccc(CCCC)c2)[N+](=[N-])C(c2ccc(CCCC)cc2)=C1C=CCCCCCCCCCCC.[CH2-]C.[CH2-]C.[Ni+2]. The first kappa shape index (κ1) is 49.5. The molecule has 0 fully saturated rings. The number of benzene rings is 2. The first-order valence-electron chi connectivity index (χ1n) is 21.1. The maximum Gasteiger partial charge on any atom is 2.00 e. The second-order valence-electron chi connectivity index (χ2n) is 13.7. The molecular weight excluding hydrogens is 675 g/mol. The summed E-state index contributed by atoms with van der Waals surface area (Å²) in [5, 5.41) is 0. The van der Waals surface area contributed by atoms with Gasteiger partial charge in [0, 0.05) is 11.1 Å². The van der Waals surface area contributed by atoms with Crippen LogP contribution in [0.4, 0.5) is 0 Å². The Labute approximate surface area is 333 Å². The summed E-state index contributed by atoms with van der Waals surface area (Å²) < 4.78 is 1.49. The van der Waals surface area contributed by atoms with Gasteiger partial charge in [0.05, 0.1) is 11.1 Å². The van der Waals surface area contributed by atoms with E-state index in [1.165, 1.54) is 125 Å². The van der Waals surface area contributed by atoms with Gasteiger partial charge in [0.2, 0.25) is 11.4 Å². The maximum atomic E-state index is 12.1. The number of nitrogens with zero attached hydrogens (tertiary/aromatic N) is 2. The van der Waals surface area contributed by atoms with Gasteiger partial charge in [-0.2, -0.15) is 13.8 Å². The van der Waals surface area contributed by atoms with Crippen molar-refractivity contribution in [3.8, 4) is 0 Å². The first-order valence-corrected chi connectivity index (χ1v) is 21.1. The van der Waals surface area contributed by atoms with E-state index in [0.717, 1.165) is 59.4 Å². The molecule has 0 atom stereocenters. The van der Waals surface area contributed by atoms with Crippen LogP contribution in [0.25, 0.3) is 16.9 Å². The van der Waals surface area contributed by atoms with Crippen LogP contribution in [0, 0.1) is 13.8 Å². The van der Waals surface area contributed by atoms with Crippen LogP contribution in [0.15, 0.2) is 84.0 Å². The van der Waals surface area contributed by atoms with Crippen LogP contribution in [0.5, 0.6) is 0 Å². The van der Waals surface area contributed by atoms with E-state index in [2.05, 4.69) is 114 Å². The summed E-state index contributed by atoms with van der Waals surface area (Å²) in [5.74, 6) is 0. The van der Waals surface area contributed by atoms with E-state index < -0.39 is 0 Å². The molecular formula is C49H76N2Ni. The molecule has 0 N–H and O–H groups in total. The monoisotopic (exact) mass is 751 g/mol. The van der Waals surface area contributed by atoms with Gasteiger partial charge >= 0.3 is 16.5 Å². The summed E-state index contributed by atoms with van der Waals surface area (Å²) in [4.78, 5) is 0. The second-order valence-corrected chi connectivity index (χ2v) is 13.7. The molecule has 0 saturated carbocycles. The minimum atomic E-state index is 0. The molecule has 3 rings (SSSR count). The number of allylic oxidation sites excluding steroid dienone is 6. The van der Waals surface area contributed by atoms with Crippen LogP contribution >= 0.6 is 0 Å². The van der Waals surface area contributed by atoms with E-state index in [1.807, 2.05) is 0 Å². The average Bonchev–Trinajstić information content (AvgIpc) is 3.45. The molecule has 1 aliphatic rings. The Morgan fingerprint density at radius 3 is 1.42 bits per heavy atom. The molecule has 0 spiro atoms. The molecule has 2 nitrogen and oxygen atoms in total. The molecule has 292 valence electrons. The molecule has 0 amide bonds. The minimum absolute atomic E-state index is 0. The Bertz CT molecular complexity index is 1310. The van der Waals surface area contributed by atoms with Gasteiger partial charge in [0.15, 0.2) is 0 Å². The molecule has 52 heavy (non-hydrogen) atoms. The standard InChI is InChI=1S/C45H66N2.2C2H5.Ni/c1-5-9-13-15-17-18-19-20-21-23-25-31-42-43(32-24-22-16-14-10-6-2)45(41-30-26-29-39(37-41)28-12-8-4)47(46)44(42)40-35-33-38(34-36-40)27-11-7-3;2*1-2;/h24-26,29-37H,5-23,27-28H2,1-4H3;2*1H2,2H3;/q;2*-1;+2. The number of unbranched alkanes of at least 4 members (excludes halogenated alkanes) is 15. The van der Waals surface area contributed by atoms with Crippen molar-refractivity contribution in [2.24, 2.45) is 0 Å². The van der Waals surface area contributed by atoms with Crippen LogP contribution in [-0.4, -0.2) is 4.70 Å². The average molecular weight is 752 g/mol. The van der Waals surface area contributed by atoms with Gasteiger partial charge in [0.25, 0.3) is 0 Å². The molecule has 0 saturated heterocycles. The van der Waals surface area contributed by atoms with Crippen molar-refractivity contribution < 1.29 is 21.2 Å². The molecule has 3 heteroatoms. The summed E-state index contributed by atoms with van der Waals surface area (Å²) in [6.45, 7) is 19.1. The molecule has 2 aromatic rings. The predicted octanol–water partition coefficient (Wildman–Crippen LogP) is 16.2. The van der Waals surface area contributed by atoms with Crippen LogP contribution < -0.4 is 0 Å². The van der Waals surface area contributed by atoms with E-state index in [9.17, 15) is 5.53 Å². The van der Waals surface area contributed by atoms with Crippen LogP contribution in [-0.2, 0) is 29.3 Å². The largest absolute Gasteiger partial charge is 2.00 e. The zero-order chi connectivity index (χ0) is 37.5. The number of rotatable bonds is 25. The topological polar surface area (TPSA) is 25.3 Å². The maximum absolute atomic E-state index is 12.1. The summed E-state index contributed by atoms with van der Waals surface area (Å²) >= 11 is 0. The van der Waals surface area contributed by atoms with Gasteiger partial charge < -0.3 is 19.4 Å². The second kappa shape index (κ2) is 33.1. The Kier molecular flexibility index (Phi) is 31.5. The van der Waals surface area contributed by atoms with Crippen molar-refractivity contribution in [3.05, 3.63) is 126 Å². The van der Waals surface area contributed by atoms with Gasteiger partial charge in [-0.3, -0.25) is 0 Å². The van der Waals surface area contributed by atoms with Crippen LogP contribution in [0.3, 0.4) is 0 Å². The summed E-state index contributed by atoms with van der Waals surface area (Å²) in [6.07, 6.45) is 35.5. The molecule has 0 radical (unpaired) electrons. The van der Waals surface area contributed by atoms with E-state index in [-0.39, 0.29) is 16.5 Å². The Morgan fingerprint density at radius 2 is 0.923 bits per heavy atom. The van der Waals surface area contributed by atoms with Crippen LogP contribution in [0.1, 0.15) is 186 Å². The molecule has 0 bridgehead atoms. The third kappa shape index (κ3) is 18.5. The molecule has 0 aromatic heterocycles. The Balaban J connectivity index is 0.00000502. The fourth-order valence-corrected chi connectivity index (χ4v) is 6.62. The van der Waals surface area contributed by atoms with E-state index >= 15 is 0 Å². The molecule has 1 heterocycles. The zero-order valence-corrected chi connectivity index (χ0v) is 35.4. The molecule has 2 aromatic carbocycles. The van der Waals surface area contributed by atoms with Gasteiger partial charge in [0.1, 0.15) is 0 Å². The Hall–Kier alpha value is -2.51. The van der Waals surface area contributed by atoms with Crippen molar-refractivity contribution in [3.63, 3.8) is 0 Å². The van der Waals surface area contributed by atoms with Gasteiger partial charge in [-0.25, -0.2) is 4.70 Å². The van der Waals surface area contributed by atoms with Crippen molar-refractivity contribution in [2.75, 3.05) is 0 Å². The number of hydrogen-bond donors (Lipinski definition) is 0. The third-order valence-electron chi connectivity index (χ3n) is 9.56. The van der Waals surface area contributed by atoms with Crippen molar-refractivity contribution in [1.82, 2.24) is 0 Å². The minimum Gasteiger partial charge on any atom is -0.493 e. The van der Waals surface area contributed by atoms with E-state index in [1.54, 1.807) is 13.8 Å². The van der Waals surface area contributed by atoms with E-state index in [4.69, 9.17) is 0 Å². The normalized spacial score (nSPS) is 12.7. The van der Waals surface area contributed by atoms with Gasteiger partial charge in [-0.1, -0.05) is 160 Å². The molecule has 1 aliphatic heterocycles. The third-order valence-corrected chi connectivity index (χ3v) is 9.56. The van der Waals surface area contributed by atoms with Gasteiger partial charge in [-0.15, -0.1) is 0 Å². The Morgan fingerprint density at radius 1 is 0.500 bits per heavy atom. The first-order chi connectivity index (χ1) is 25.1. The van der Waals surface area contributed by atoms with Crippen molar-refractivity contribution >= 4 is 11.4 Å². The van der Waals surface area contributed by atoms with Crippen LogP contribution in [0.2, 0.25) is 0 Å². The fraction of sp³-hybridized carbons (Fsp3) is 0.551. The zero-order valence-electron chi connectivity index (χ0n) is 34.4.